The molecule has 160 valence electrons. The fourth-order valence-electron chi connectivity index (χ4n) is 3.90. The highest BCUT2D eigenvalue weighted by atomic mass is 32.1. The van der Waals surface area contributed by atoms with Crippen molar-refractivity contribution in [2.75, 3.05) is 19.0 Å². The molecule has 0 saturated heterocycles. The number of aromatic carboxylic acids is 1. The zero-order valence-electron chi connectivity index (χ0n) is 17.3. The van der Waals surface area contributed by atoms with Gasteiger partial charge in [0.25, 0.3) is 0 Å². The minimum atomic E-state index is -1.01. The van der Waals surface area contributed by atoms with Crippen molar-refractivity contribution in [1.82, 2.24) is 0 Å². The van der Waals surface area contributed by atoms with Gasteiger partial charge in [0, 0.05) is 28.3 Å². The van der Waals surface area contributed by atoms with Crippen LogP contribution in [-0.4, -0.2) is 30.7 Å². The molecular weight excluding hydrogens is 414 g/mol. The van der Waals surface area contributed by atoms with E-state index < -0.39 is 5.97 Å². The summed E-state index contributed by atoms with van der Waals surface area (Å²) in [6.07, 6.45) is 1.03. The van der Waals surface area contributed by atoms with Crippen molar-refractivity contribution in [3.8, 4) is 22.6 Å². The Kier molecular flexibility index (Phi) is 5.95. The second-order valence-corrected chi connectivity index (χ2v) is 8.30. The summed E-state index contributed by atoms with van der Waals surface area (Å²) in [6.45, 7) is 2.53. The Labute approximate surface area is 184 Å². The van der Waals surface area contributed by atoms with E-state index >= 15 is 0 Å². The number of para-hydroxylation sites is 1. The molecule has 1 aromatic heterocycles. The monoisotopic (exact) mass is 437 g/mol. The summed E-state index contributed by atoms with van der Waals surface area (Å²) in [5.74, 6) is -0.305. The van der Waals surface area contributed by atoms with Gasteiger partial charge in [-0.15, -0.1) is 11.3 Å². The number of thiophene rings is 1. The van der Waals surface area contributed by atoms with Gasteiger partial charge in [-0.2, -0.15) is 0 Å². The van der Waals surface area contributed by atoms with Gasteiger partial charge < -0.3 is 19.9 Å². The third kappa shape index (κ3) is 3.88. The molecule has 1 amide bonds. The number of methoxy groups -OCH3 is 1. The van der Waals surface area contributed by atoms with Crippen LogP contribution in [-0.2, 0) is 4.79 Å². The van der Waals surface area contributed by atoms with Crippen LogP contribution in [0.4, 0.5) is 5.69 Å². The highest BCUT2D eigenvalue weighted by Crippen LogP contribution is 2.51. The third-order valence-electron chi connectivity index (χ3n) is 5.22. The van der Waals surface area contributed by atoms with Crippen molar-refractivity contribution in [2.24, 2.45) is 0 Å². The van der Waals surface area contributed by atoms with Crippen LogP contribution in [0.15, 0.2) is 48.5 Å². The first-order chi connectivity index (χ1) is 15.0. The lowest BCUT2D eigenvalue weighted by Crippen LogP contribution is -2.23. The van der Waals surface area contributed by atoms with Gasteiger partial charge in [-0.25, -0.2) is 4.79 Å². The summed E-state index contributed by atoms with van der Waals surface area (Å²) < 4.78 is 11.5. The fourth-order valence-corrected chi connectivity index (χ4v) is 5.13. The maximum absolute atomic E-state index is 12.7. The minimum absolute atomic E-state index is 0.159. The van der Waals surface area contributed by atoms with E-state index in [0.29, 0.717) is 29.4 Å². The van der Waals surface area contributed by atoms with Gasteiger partial charge in [-0.05, 0) is 18.1 Å². The summed E-state index contributed by atoms with van der Waals surface area (Å²) in [4.78, 5) is 25.8. The predicted molar refractivity (Wildman–Crippen MR) is 121 cm³/mol. The number of carbonyl (C=O) groups is 2. The minimum Gasteiger partial charge on any atom is -0.493 e. The number of nitrogens with one attached hydrogen (secondary N) is 1. The molecule has 0 fully saturated rings. The predicted octanol–water partition coefficient (Wildman–Crippen LogP) is 5.38. The van der Waals surface area contributed by atoms with E-state index in [-0.39, 0.29) is 23.1 Å². The Morgan fingerprint density at radius 1 is 1.19 bits per heavy atom. The largest absolute Gasteiger partial charge is 0.493 e. The molecule has 6 nitrogen and oxygen atoms in total. The maximum Gasteiger partial charge on any atom is 0.346 e. The molecule has 7 heteroatoms. The highest BCUT2D eigenvalue weighted by Gasteiger charge is 2.36. The lowest BCUT2D eigenvalue weighted by molar-refractivity contribution is -0.116. The number of hydrogen-bond acceptors (Lipinski definition) is 5. The second-order valence-electron chi connectivity index (χ2n) is 7.25. The van der Waals surface area contributed by atoms with Gasteiger partial charge in [0.15, 0.2) is 11.5 Å². The van der Waals surface area contributed by atoms with Crippen molar-refractivity contribution in [3.63, 3.8) is 0 Å². The van der Waals surface area contributed by atoms with E-state index in [2.05, 4.69) is 5.32 Å². The van der Waals surface area contributed by atoms with Crippen molar-refractivity contribution in [3.05, 3.63) is 63.8 Å². The smallest absolute Gasteiger partial charge is 0.346 e. The van der Waals surface area contributed by atoms with Crippen LogP contribution in [0, 0.1) is 0 Å². The van der Waals surface area contributed by atoms with Crippen LogP contribution in [0.25, 0.3) is 11.1 Å². The number of carboxylic acid groups (broad SMARTS) is 1. The molecule has 0 bridgehead atoms. The van der Waals surface area contributed by atoms with E-state index in [1.807, 2.05) is 55.5 Å². The maximum atomic E-state index is 12.7. The Hall–Kier alpha value is -3.32. The lowest BCUT2D eigenvalue weighted by Gasteiger charge is -2.26. The highest BCUT2D eigenvalue weighted by molar-refractivity contribution is 7.15. The molecule has 0 spiro atoms. The zero-order chi connectivity index (χ0) is 22.0. The van der Waals surface area contributed by atoms with Gasteiger partial charge in [0.05, 0.1) is 19.4 Å². The molecule has 4 rings (SSSR count). The van der Waals surface area contributed by atoms with Crippen LogP contribution in [0.1, 0.15) is 45.8 Å². The number of ether oxygens (including phenoxy) is 2. The van der Waals surface area contributed by atoms with Crippen LogP contribution in [0.2, 0.25) is 0 Å². The Morgan fingerprint density at radius 2 is 1.97 bits per heavy atom. The summed E-state index contributed by atoms with van der Waals surface area (Å²) in [5.41, 5.74) is 2.69. The number of benzene rings is 2. The van der Waals surface area contributed by atoms with Crippen molar-refractivity contribution >= 4 is 28.9 Å². The van der Waals surface area contributed by atoms with E-state index in [4.69, 9.17) is 9.47 Å². The first-order valence-electron chi connectivity index (χ1n) is 10.1. The number of carbonyl (C=O) groups excluding carboxylic acids is 1. The third-order valence-corrected chi connectivity index (χ3v) is 6.51. The molecule has 0 unspecified atom stereocenters. The quantitative estimate of drug-likeness (QED) is 0.518. The molecule has 1 atom stereocenters. The first kappa shape index (κ1) is 20.9. The van der Waals surface area contributed by atoms with Gasteiger partial charge in [0.1, 0.15) is 4.88 Å². The fraction of sp³-hybridized carbons (Fsp3) is 0.250. The number of hydrogen-bond donors (Lipinski definition) is 2. The van der Waals surface area contributed by atoms with Crippen molar-refractivity contribution < 1.29 is 24.2 Å². The number of fused-ring (bicyclic) bond motifs is 1. The average Bonchev–Trinajstić information content (AvgIpc) is 3.17. The molecule has 2 aromatic carbocycles. The van der Waals surface area contributed by atoms with E-state index in [1.54, 1.807) is 7.11 Å². The number of anilines is 1. The Bertz CT molecular complexity index is 1120. The molecule has 1 aliphatic rings. The summed E-state index contributed by atoms with van der Waals surface area (Å²) in [7, 11) is 1.58. The molecule has 1 aliphatic heterocycles. The lowest BCUT2D eigenvalue weighted by atomic mass is 9.88. The molecule has 0 radical (unpaired) electrons. The van der Waals surface area contributed by atoms with Crippen LogP contribution in [0.5, 0.6) is 11.5 Å². The summed E-state index contributed by atoms with van der Waals surface area (Å²) in [6, 6.07) is 14.9. The normalized spacial score (nSPS) is 15.2. The van der Waals surface area contributed by atoms with Gasteiger partial charge in [0.2, 0.25) is 5.91 Å². The topological polar surface area (TPSA) is 84.9 Å². The Balaban J connectivity index is 1.92. The molecule has 3 aromatic rings. The Morgan fingerprint density at radius 3 is 2.65 bits per heavy atom. The van der Waals surface area contributed by atoms with Gasteiger partial charge >= 0.3 is 5.97 Å². The average molecular weight is 438 g/mol. The van der Waals surface area contributed by atoms with Gasteiger partial charge in [-0.3, -0.25) is 4.79 Å². The number of rotatable bonds is 7. The SMILES string of the molecule is CCCOc1c(OC)cccc1[C@H]1CC(=O)Nc2c1sc(C(=O)O)c2-c1ccccc1. The summed E-state index contributed by atoms with van der Waals surface area (Å²) >= 11 is 1.21. The van der Waals surface area contributed by atoms with Crippen LogP contribution < -0.4 is 14.8 Å². The van der Waals surface area contributed by atoms with Gasteiger partial charge in [-0.1, -0.05) is 49.4 Å². The number of carboxylic acids is 1. The van der Waals surface area contributed by atoms with E-state index in [9.17, 15) is 14.7 Å². The molecule has 2 heterocycles. The molecule has 0 aliphatic carbocycles. The molecular formula is C24H23NO5S. The summed E-state index contributed by atoms with van der Waals surface area (Å²) in [5, 5.41) is 12.8. The molecule has 0 saturated carbocycles. The van der Waals surface area contributed by atoms with E-state index in [0.717, 1.165) is 22.4 Å². The van der Waals surface area contributed by atoms with Crippen LogP contribution >= 0.6 is 11.3 Å². The van der Waals surface area contributed by atoms with Crippen molar-refractivity contribution in [2.45, 2.75) is 25.7 Å². The van der Waals surface area contributed by atoms with Crippen molar-refractivity contribution in [1.29, 1.82) is 0 Å². The standard InChI is InChI=1S/C24H23NO5S/c1-3-12-30-21-15(10-7-11-17(21)29-2)16-13-18(26)25-20-19(14-8-5-4-6-9-14)23(24(27)28)31-22(16)20/h4-11,16H,3,12-13H2,1-2H3,(H,25,26)(H,27,28)/t16-/m1/s1. The number of amides is 1. The second kappa shape index (κ2) is 8.81. The van der Waals surface area contributed by atoms with Crippen LogP contribution in [0.3, 0.4) is 0 Å². The zero-order valence-corrected chi connectivity index (χ0v) is 18.1. The molecule has 31 heavy (non-hydrogen) atoms. The van der Waals surface area contributed by atoms with E-state index in [1.165, 1.54) is 11.3 Å². The first-order valence-corrected chi connectivity index (χ1v) is 10.9. The molecule has 2 N–H and O–H groups in total.